The number of nitrogens with one attached hydrogen (secondary N) is 1. The second kappa shape index (κ2) is 3.12. The fourth-order valence-electron chi connectivity index (χ4n) is 0.943. The van der Waals surface area contributed by atoms with E-state index in [1.807, 2.05) is 5.43 Å². The molecule has 6 heteroatoms. The highest BCUT2D eigenvalue weighted by atomic mass is 19.4. The summed E-state index contributed by atoms with van der Waals surface area (Å²) in [6.45, 7) is 0. The van der Waals surface area contributed by atoms with Crippen molar-refractivity contribution in [3.8, 4) is 0 Å². The standard InChI is InChI=1S/C6H7F3N2O/c7-6(8,9)3-4-1-2-10-11-5(4)12/h2,4H,1,3H2,(H,11,12). The van der Waals surface area contributed by atoms with Crippen LogP contribution in [-0.2, 0) is 4.79 Å². The number of rotatable bonds is 1. The molecule has 3 nitrogen and oxygen atoms in total. The van der Waals surface area contributed by atoms with Gasteiger partial charge in [-0.15, -0.1) is 0 Å². The minimum atomic E-state index is -4.28. The molecule has 1 atom stereocenters. The van der Waals surface area contributed by atoms with Crippen LogP contribution in [0.5, 0.6) is 0 Å². The van der Waals surface area contributed by atoms with Gasteiger partial charge in [-0.25, -0.2) is 5.43 Å². The summed E-state index contributed by atoms with van der Waals surface area (Å²) < 4.78 is 35.4. The molecule has 0 spiro atoms. The van der Waals surface area contributed by atoms with E-state index in [-0.39, 0.29) is 6.42 Å². The number of alkyl halides is 3. The number of amides is 1. The van der Waals surface area contributed by atoms with Gasteiger partial charge in [-0.05, 0) is 6.42 Å². The van der Waals surface area contributed by atoms with E-state index in [1.54, 1.807) is 0 Å². The van der Waals surface area contributed by atoms with Crippen molar-refractivity contribution in [3.63, 3.8) is 0 Å². The van der Waals surface area contributed by atoms with E-state index in [9.17, 15) is 18.0 Å². The smallest absolute Gasteiger partial charge is 0.273 e. The first kappa shape index (κ1) is 9.02. The normalized spacial score (nSPS) is 23.9. The molecule has 68 valence electrons. The Kier molecular flexibility index (Phi) is 2.35. The van der Waals surface area contributed by atoms with Crippen LogP contribution in [0.25, 0.3) is 0 Å². The molecule has 1 rings (SSSR count). The number of nitrogens with zero attached hydrogens (tertiary/aromatic N) is 1. The Labute approximate surface area is 66.6 Å². The third-order valence-corrected chi connectivity index (χ3v) is 1.50. The van der Waals surface area contributed by atoms with Crippen molar-refractivity contribution in [3.05, 3.63) is 0 Å². The molecule has 0 bridgehead atoms. The average Bonchev–Trinajstić information content (AvgIpc) is 1.91. The van der Waals surface area contributed by atoms with E-state index in [2.05, 4.69) is 5.10 Å². The van der Waals surface area contributed by atoms with Crippen LogP contribution >= 0.6 is 0 Å². The minimum Gasteiger partial charge on any atom is -0.273 e. The quantitative estimate of drug-likeness (QED) is 0.644. The van der Waals surface area contributed by atoms with Gasteiger partial charge in [-0.1, -0.05) is 0 Å². The summed E-state index contributed by atoms with van der Waals surface area (Å²) in [5.74, 6) is -1.67. The minimum absolute atomic E-state index is 0.0609. The van der Waals surface area contributed by atoms with Gasteiger partial charge in [0, 0.05) is 6.21 Å². The zero-order chi connectivity index (χ0) is 9.19. The molecule has 1 heterocycles. The summed E-state index contributed by atoms with van der Waals surface area (Å²) in [5.41, 5.74) is 1.99. The van der Waals surface area contributed by atoms with Crippen LogP contribution < -0.4 is 5.43 Å². The Hall–Kier alpha value is -1.07. The molecular formula is C6H7F3N2O. The Bertz CT molecular complexity index is 211. The molecule has 0 radical (unpaired) electrons. The number of hydrogen-bond donors (Lipinski definition) is 1. The van der Waals surface area contributed by atoms with Crippen LogP contribution in [0.15, 0.2) is 5.10 Å². The lowest BCUT2D eigenvalue weighted by Gasteiger charge is -2.17. The molecule has 1 amide bonds. The monoisotopic (exact) mass is 180 g/mol. The molecule has 0 aromatic rings. The fraction of sp³-hybridized carbons (Fsp3) is 0.667. The predicted molar refractivity (Wildman–Crippen MR) is 35.4 cm³/mol. The third kappa shape index (κ3) is 2.52. The Morgan fingerprint density at radius 2 is 2.33 bits per heavy atom. The first-order valence-corrected chi connectivity index (χ1v) is 3.37. The van der Waals surface area contributed by atoms with Crippen molar-refractivity contribution in [2.75, 3.05) is 0 Å². The largest absolute Gasteiger partial charge is 0.389 e. The van der Waals surface area contributed by atoms with Crippen LogP contribution in [0.1, 0.15) is 12.8 Å². The van der Waals surface area contributed by atoms with E-state index in [0.717, 1.165) is 0 Å². The molecule has 1 aliphatic heterocycles. The number of carbonyl (C=O) groups excluding carboxylic acids is 1. The van der Waals surface area contributed by atoms with Crippen molar-refractivity contribution in [2.45, 2.75) is 19.0 Å². The maximum atomic E-state index is 11.8. The SMILES string of the molecule is O=C1NN=CCC1CC(F)(F)F. The third-order valence-electron chi connectivity index (χ3n) is 1.50. The summed E-state index contributed by atoms with van der Waals surface area (Å²) in [5, 5.41) is 3.35. The number of carbonyl (C=O) groups is 1. The topological polar surface area (TPSA) is 41.5 Å². The van der Waals surface area contributed by atoms with Crippen LogP contribution in [0.4, 0.5) is 13.2 Å². The van der Waals surface area contributed by atoms with Gasteiger partial charge in [0.1, 0.15) is 0 Å². The van der Waals surface area contributed by atoms with Crippen molar-refractivity contribution >= 4 is 12.1 Å². The number of hydrazone groups is 1. The van der Waals surface area contributed by atoms with Gasteiger partial charge in [-0.3, -0.25) is 4.79 Å². The predicted octanol–water partition coefficient (Wildman–Crippen LogP) is 1.06. The first-order chi connectivity index (χ1) is 5.49. The Morgan fingerprint density at radius 3 is 2.83 bits per heavy atom. The molecule has 0 aliphatic carbocycles. The zero-order valence-electron chi connectivity index (χ0n) is 6.06. The lowest BCUT2D eigenvalue weighted by Crippen LogP contribution is -2.34. The lowest BCUT2D eigenvalue weighted by atomic mass is 10.0. The Morgan fingerprint density at radius 1 is 1.67 bits per heavy atom. The van der Waals surface area contributed by atoms with Gasteiger partial charge < -0.3 is 0 Å². The molecule has 0 aromatic heterocycles. The maximum absolute atomic E-state index is 11.8. The zero-order valence-corrected chi connectivity index (χ0v) is 6.06. The summed E-state index contributed by atoms with van der Waals surface area (Å²) in [6.07, 6.45) is -4.03. The lowest BCUT2D eigenvalue weighted by molar-refractivity contribution is -0.154. The van der Waals surface area contributed by atoms with E-state index in [0.29, 0.717) is 0 Å². The van der Waals surface area contributed by atoms with E-state index >= 15 is 0 Å². The van der Waals surface area contributed by atoms with E-state index in [1.165, 1.54) is 6.21 Å². The number of hydrogen-bond acceptors (Lipinski definition) is 2. The fourth-order valence-corrected chi connectivity index (χ4v) is 0.943. The van der Waals surface area contributed by atoms with Gasteiger partial charge in [0.15, 0.2) is 0 Å². The highest BCUT2D eigenvalue weighted by Crippen LogP contribution is 2.26. The van der Waals surface area contributed by atoms with Crippen molar-refractivity contribution in [2.24, 2.45) is 11.0 Å². The maximum Gasteiger partial charge on any atom is 0.389 e. The molecular weight excluding hydrogens is 173 g/mol. The van der Waals surface area contributed by atoms with Gasteiger partial charge in [0.25, 0.3) is 0 Å². The molecule has 0 fully saturated rings. The molecule has 0 saturated carbocycles. The van der Waals surface area contributed by atoms with E-state index < -0.39 is 24.4 Å². The summed E-state index contributed by atoms with van der Waals surface area (Å²) in [7, 11) is 0. The number of halogens is 3. The molecule has 0 aromatic carbocycles. The molecule has 1 aliphatic rings. The highest BCUT2D eigenvalue weighted by molar-refractivity contribution is 5.84. The molecule has 1 N–H and O–H groups in total. The second-order valence-corrected chi connectivity index (χ2v) is 2.54. The molecule has 1 unspecified atom stereocenters. The van der Waals surface area contributed by atoms with Gasteiger partial charge in [0.05, 0.1) is 12.3 Å². The van der Waals surface area contributed by atoms with E-state index in [4.69, 9.17) is 0 Å². The average molecular weight is 180 g/mol. The van der Waals surface area contributed by atoms with Crippen molar-refractivity contribution < 1.29 is 18.0 Å². The van der Waals surface area contributed by atoms with Crippen LogP contribution in [0.2, 0.25) is 0 Å². The van der Waals surface area contributed by atoms with Gasteiger partial charge in [0.2, 0.25) is 5.91 Å². The first-order valence-electron chi connectivity index (χ1n) is 3.37. The van der Waals surface area contributed by atoms with Crippen molar-refractivity contribution in [1.29, 1.82) is 0 Å². The van der Waals surface area contributed by atoms with Crippen LogP contribution in [0, 0.1) is 5.92 Å². The van der Waals surface area contributed by atoms with Crippen LogP contribution in [-0.4, -0.2) is 18.3 Å². The molecule has 0 saturated heterocycles. The van der Waals surface area contributed by atoms with Crippen LogP contribution in [0.3, 0.4) is 0 Å². The summed E-state index contributed by atoms with van der Waals surface area (Å²) >= 11 is 0. The second-order valence-electron chi connectivity index (χ2n) is 2.54. The van der Waals surface area contributed by atoms with Crippen molar-refractivity contribution in [1.82, 2.24) is 5.43 Å². The van der Waals surface area contributed by atoms with Gasteiger partial charge in [-0.2, -0.15) is 18.3 Å². The summed E-state index contributed by atoms with van der Waals surface area (Å²) in [6, 6.07) is 0. The molecule has 12 heavy (non-hydrogen) atoms. The highest BCUT2D eigenvalue weighted by Gasteiger charge is 2.35. The Balaban J connectivity index is 2.52. The van der Waals surface area contributed by atoms with Gasteiger partial charge >= 0.3 is 6.18 Å². The summed E-state index contributed by atoms with van der Waals surface area (Å²) in [4.78, 5) is 10.7.